The van der Waals surface area contributed by atoms with Gasteiger partial charge in [-0.1, -0.05) is 35.9 Å². The van der Waals surface area contributed by atoms with Gasteiger partial charge in [-0.3, -0.25) is 10.8 Å². The number of fused-ring (bicyclic) bond motifs is 1. The molecule has 1 atom stereocenters. The molecular weight excluding hydrogens is 284 g/mol. The molecule has 1 unspecified atom stereocenters. The zero-order valence-corrected chi connectivity index (χ0v) is 12.0. The number of aromatic nitrogens is 1. The van der Waals surface area contributed by atoms with Crippen molar-refractivity contribution in [3.8, 4) is 0 Å². The van der Waals surface area contributed by atoms with Crippen molar-refractivity contribution in [3.63, 3.8) is 0 Å². The topological polar surface area (TPSA) is 77.0 Å². The first-order valence-corrected chi connectivity index (χ1v) is 6.92. The Balaban J connectivity index is 2.09. The normalized spacial score (nSPS) is 12.5. The van der Waals surface area contributed by atoms with Crippen LogP contribution in [0.25, 0.3) is 10.9 Å². The third kappa shape index (κ3) is 2.69. The smallest absolute Gasteiger partial charge is 0.0730 e. The van der Waals surface area contributed by atoms with Crippen molar-refractivity contribution >= 4 is 28.2 Å². The number of anilines is 1. The number of nitrogens with one attached hydrogen (secondary N) is 1. The first-order valence-electron chi connectivity index (χ1n) is 6.55. The van der Waals surface area contributed by atoms with Gasteiger partial charge in [-0.25, -0.2) is 5.43 Å². The van der Waals surface area contributed by atoms with E-state index in [0.717, 1.165) is 22.0 Å². The first-order chi connectivity index (χ1) is 10.2. The molecule has 1 aromatic heterocycles. The van der Waals surface area contributed by atoms with Crippen LogP contribution in [-0.2, 0) is 0 Å². The van der Waals surface area contributed by atoms with E-state index in [0.29, 0.717) is 10.7 Å². The summed E-state index contributed by atoms with van der Waals surface area (Å²) >= 11 is 5.95. The fraction of sp³-hybridized carbons (Fsp3) is 0.0625. The van der Waals surface area contributed by atoms with E-state index in [9.17, 15) is 0 Å². The molecule has 0 aliphatic heterocycles. The lowest BCUT2D eigenvalue weighted by atomic mass is 9.97. The van der Waals surface area contributed by atoms with Crippen molar-refractivity contribution in [1.82, 2.24) is 10.4 Å². The molecule has 3 aromatic rings. The highest BCUT2D eigenvalue weighted by Gasteiger charge is 2.16. The number of pyridine rings is 1. The van der Waals surface area contributed by atoms with Gasteiger partial charge in [0.2, 0.25) is 0 Å². The highest BCUT2D eigenvalue weighted by atomic mass is 35.5. The van der Waals surface area contributed by atoms with Crippen LogP contribution in [-0.4, -0.2) is 4.98 Å². The van der Waals surface area contributed by atoms with Crippen LogP contribution in [0.15, 0.2) is 54.7 Å². The zero-order valence-electron chi connectivity index (χ0n) is 11.3. The molecule has 0 bridgehead atoms. The molecular formula is C16H15ClN4. The van der Waals surface area contributed by atoms with Crippen LogP contribution in [0.3, 0.4) is 0 Å². The van der Waals surface area contributed by atoms with Gasteiger partial charge in [0.25, 0.3) is 0 Å². The molecule has 0 radical (unpaired) electrons. The van der Waals surface area contributed by atoms with Gasteiger partial charge in [0.15, 0.2) is 0 Å². The Morgan fingerprint density at radius 3 is 2.71 bits per heavy atom. The quantitative estimate of drug-likeness (QED) is 0.395. The molecule has 0 fully saturated rings. The van der Waals surface area contributed by atoms with Crippen LogP contribution < -0.4 is 17.0 Å². The Morgan fingerprint density at radius 2 is 1.95 bits per heavy atom. The number of nitrogen functional groups attached to an aromatic ring is 1. The molecule has 0 saturated carbocycles. The van der Waals surface area contributed by atoms with Gasteiger partial charge in [-0.15, -0.1) is 0 Å². The van der Waals surface area contributed by atoms with Crippen LogP contribution in [0, 0.1) is 0 Å². The fourth-order valence-corrected chi connectivity index (χ4v) is 2.62. The zero-order chi connectivity index (χ0) is 14.8. The van der Waals surface area contributed by atoms with Crippen LogP contribution in [0.4, 0.5) is 5.69 Å². The monoisotopic (exact) mass is 298 g/mol. The maximum atomic E-state index is 6.05. The minimum atomic E-state index is -0.214. The van der Waals surface area contributed by atoms with Crippen molar-refractivity contribution < 1.29 is 0 Å². The summed E-state index contributed by atoms with van der Waals surface area (Å²) in [5.74, 6) is 5.73. The van der Waals surface area contributed by atoms with E-state index >= 15 is 0 Å². The second-order valence-corrected chi connectivity index (χ2v) is 5.26. The fourth-order valence-electron chi connectivity index (χ4n) is 2.44. The summed E-state index contributed by atoms with van der Waals surface area (Å²) < 4.78 is 0. The highest BCUT2D eigenvalue weighted by molar-refractivity contribution is 6.30. The van der Waals surface area contributed by atoms with Crippen molar-refractivity contribution in [2.75, 3.05) is 5.73 Å². The van der Waals surface area contributed by atoms with Gasteiger partial charge < -0.3 is 5.73 Å². The van der Waals surface area contributed by atoms with Crippen LogP contribution >= 0.6 is 11.6 Å². The lowest BCUT2D eigenvalue weighted by Gasteiger charge is -2.19. The van der Waals surface area contributed by atoms with Crippen molar-refractivity contribution in [1.29, 1.82) is 0 Å². The summed E-state index contributed by atoms with van der Waals surface area (Å²) in [7, 11) is 0. The lowest BCUT2D eigenvalue weighted by Crippen LogP contribution is -2.29. The van der Waals surface area contributed by atoms with E-state index < -0.39 is 0 Å². The number of halogens is 1. The molecule has 1 heterocycles. The average Bonchev–Trinajstić information content (AvgIpc) is 2.50. The molecule has 21 heavy (non-hydrogen) atoms. The summed E-state index contributed by atoms with van der Waals surface area (Å²) in [4.78, 5) is 4.37. The van der Waals surface area contributed by atoms with Crippen molar-refractivity contribution in [2.45, 2.75) is 6.04 Å². The van der Waals surface area contributed by atoms with Crippen LogP contribution in [0.2, 0.25) is 5.02 Å². The predicted octanol–water partition coefficient (Wildman–Crippen LogP) is 3.02. The summed E-state index contributed by atoms with van der Waals surface area (Å²) in [6, 6.07) is 15.2. The summed E-state index contributed by atoms with van der Waals surface area (Å²) in [6.45, 7) is 0. The van der Waals surface area contributed by atoms with E-state index in [1.807, 2.05) is 36.4 Å². The standard InChI is InChI=1S/C16H15ClN4/c17-12-5-6-13(14(18)9-12)16(21-19)11-4-3-10-2-1-7-20-15(10)8-11/h1-9,16,21H,18-19H2. The minimum absolute atomic E-state index is 0.214. The average molecular weight is 299 g/mol. The summed E-state index contributed by atoms with van der Waals surface area (Å²) in [6.07, 6.45) is 1.77. The summed E-state index contributed by atoms with van der Waals surface area (Å²) in [5, 5.41) is 1.69. The Kier molecular flexibility index (Phi) is 3.75. The van der Waals surface area contributed by atoms with Gasteiger partial charge in [-0.2, -0.15) is 0 Å². The maximum Gasteiger partial charge on any atom is 0.0730 e. The Morgan fingerprint density at radius 1 is 1.10 bits per heavy atom. The number of hydrazine groups is 1. The van der Waals surface area contributed by atoms with E-state index in [-0.39, 0.29) is 6.04 Å². The minimum Gasteiger partial charge on any atom is -0.398 e. The number of benzene rings is 2. The second-order valence-electron chi connectivity index (χ2n) is 4.83. The Hall–Kier alpha value is -2.14. The molecule has 3 rings (SSSR count). The lowest BCUT2D eigenvalue weighted by molar-refractivity contribution is 0.639. The van der Waals surface area contributed by atoms with E-state index in [4.69, 9.17) is 23.2 Å². The molecule has 106 valence electrons. The van der Waals surface area contributed by atoms with Crippen LogP contribution in [0.1, 0.15) is 17.2 Å². The number of hydrogen-bond acceptors (Lipinski definition) is 4. The third-order valence-corrected chi connectivity index (χ3v) is 3.72. The van der Waals surface area contributed by atoms with Crippen molar-refractivity contribution in [3.05, 3.63) is 70.9 Å². The molecule has 4 nitrogen and oxygen atoms in total. The number of rotatable bonds is 3. The molecule has 0 aliphatic carbocycles. The summed E-state index contributed by atoms with van der Waals surface area (Å²) in [5.41, 5.74) is 12.3. The molecule has 0 aliphatic rings. The van der Waals surface area contributed by atoms with E-state index in [1.165, 1.54) is 0 Å². The predicted molar refractivity (Wildman–Crippen MR) is 86.8 cm³/mol. The van der Waals surface area contributed by atoms with Crippen molar-refractivity contribution in [2.24, 2.45) is 5.84 Å². The molecule has 5 heteroatoms. The molecule has 5 N–H and O–H groups in total. The maximum absolute atomic E-state index is 6.05. The molecule has 0 saturated heterocycles. The van der Waals surface area contributed by atoms with Gasteiger partial charge in [0, 0.05) is 22.3 Å². The molecule has 2 aromatic carbocycles. The largest absolute Gasteiger partial charge is 0.398 e. The Bertz CT molecular complexity index is 788. The number of hydrogen-bond donors (Lipinski definition) is 3. The third-order valence-electron chi connectivity index (χ3n) is 3.49. The van der Waals surface area contributed by atoms with Crippen LogP contribution in [0.5, 0.6) is 0 Å². The second kappa shape index (κ2) is 5.69. The van der Waals surface area contributed by atoms with Gasteiger partial charge in [0.1, 0.15) is 0 Å². The van der Waals surface area contributed by atoms with Gasteiger partial charge >= 0.3 is 0 Å². The SMILES string of the molecule is NNC(c1ccc2cccnc2c1)c1ccc(Cl)cc1N. The molecule has 0 amide bonds. The van der Waals surface area contributed by atoms with E-state index in [1.54, 1.807) is 18.3 Å². The van der Waals surface area contributed by atoms with Gasteiger partial charge in [-0.05, 0) is 35.4 Å². The number of nitrogens with two attached hydrogens (primary N) is 2. The number of nitrogens with zero attached hydrogens (tertiary/aromatic N) is 1. The van der Waals surface area contributed by atoms with E-state index in [2.05, 4.69) is 10.4 Å². The van der Waals surface area contributed by atoms with Gasteiger partial charge in [0.05, 0.1) is 11.6 Å². The highest BCUT2D eigenvalue weighted by Crippen LogP contribution is 2.29. The Labute approximate surface area is 127 Å². The first kappa shape index (κ1) is 13.8. The molecule has 0 spiro atoms.